The van der Waals surface area contributed by atoms with Crippen molar-refractivity contribution in [3.05, 3.63) is 49.1 Å². The molecule has 54 heavy (non-hydrogen) atoms. The van der Waals surface area contributed by atoms with Gasteiger partial charge in [-0.3, -0.25) is 9.05 Å². The second kappa shape index (κ2) is 36.6. The molecule has 2 atom stereocenters. The number of nitrogens with zero attached hydrogens (tertiary/aromatic N) is 1. The molecule has 0 bridgehead atoms. The summed E-state index contributed by atoms with van der Waals surface area (Å²) in [5.74, 6) is -1.25. The van der Waals surface area contributed by atoms with Crippen molar-refractivity contribution in [3.63, 3.8) is 0 Å². The van der Waals surface area contributed by atoms with E-state index in [0.29, 0.717) is 11.0 Å². The van der Waals surface area contributed by atoms with E-state index in [4.69, 9.17) is 18.5 Å². The Morgan fingerprint density at radius 1 is 0.630 bits per heavy atom. The van der Waals surface area contributed by atoms with Crippen LogP contribution in [0.15, 0.2) is 49.1 Å². The predicted octanol–water partition coefficient (Wildman–Crippen LogP) is 11.9. The van der Waals surface area contributed by atoms with Crippen molar-refractivity contribution in [3.8, 4) is 0 Å². The topological polar surface area (TPSA) is 108 Å². The molecule has 0 aromatic rings. The van der Waals surface area contributed by atoms with Crippen molar-refractivity contribution in [2.45, 2.75) is 174 Å². The lowest BCUT2D eigenvalue weighted by atomic mass is 10.0. The molecule has 314 valence electrons. The van der Waals surface area contributed by atoms with E-state index in [0.717, 1.165) is 38.5 Å². The van der Waals surface area contributed by atoms with Gasteiger partial charge in [0.1, 0.15) is 19.8 Å². The predicted molar refractivity (Wildman–Crippen MR) is 224 cm³/mol. The van der Waals surface area contributed by atoms with Gasteiger partial charge in [-0.25, -0.2) is 14.2 Å². The van der Waals surface area contributed by atoms with Gasteiger partial charge < -0.3 is 18.9 Å². The molecular formula is C44H81NO8P+. The van der Waals surface area contributed by atoms with E-state index in [2.05, 4.69) is 13.5 Å². The van der Waals surface area contributed by atoms with Crippen LogP contribution in [0.1, 0.15) is 167 Å². The third kappa shape index (κ3) is 39.7. The molecule has 0 aliphatic heterocycles. The summed E-state index contributed by atoms with van der Waals surface area (Å²) in [5, 5.41) is 0. The number of rotatable bonds is 39. The maximum Gasteiger partial charge on any atom is 0.472 e. The number of carbonyl (C=O) groups excluding carboxylic acids is 2. The zero-order valence-electron chi connectivity index (χ0n) is 35.0. The summed E-state index contributed by atoms with van der Waals surface area (Å²) in [6.07, 6.45) is 41.6. The van der Waals surface area contributed by atoms with Crippen LogP contribution in [0, 0.1) is 0 Å². The minimum Gasteiger partial charge on any atom is -0.458 e. The number of likely N-dealkylation sites (N-methyl/N-ethyl adjacent to an activating group) is 1. The first-order valence-electron chi connectivity index (χ1n) is 21.4. The van der Waals surface area contributed by atoms with Crippen LogP contribution in [0.25, 0.3) is 0 Å². The fraction of sp³-hybridized carbons (Fsp3) is 0.773. The maximum absolute atomic E-state index is 12.5. The van der Waals surface area contributed by atoms with Gasteiger partial charge in [0.15, 0.2) is 6.10 Å². The SMILES string of the molecule is C=CCCCCCCCCCCCCC/C=C/C(=O)OC[C@@H](COP(=O)(O)OCC[N+](C)(C)C)OC(=O)/C=C/C=C/CCCCCCCCCCCCC. The second-order valence-corrected chi connectivity index (χ2v) is 17.0. The van der Waals surface area contributed by atoms with Gasteiger partial charge in [-0.05, 0) is 38.5 Å². The Morgan fingerprint density at radius 2 is 1.11 bits per heavy atom. The van der Waals surface area contributed by atoms with E-state index in [1.165, 1.54) is 134 Å². The monoisotopic (exact) mass is 783 g/mol. The van der Waals surface area contributed by atoms with Crippen LogP contribution in [0.3, 0.4) is 0 Å². The lowest BCUT2D eigenvalue weighted by Gasteiger charge is -2.24. The number of hydrogen-bond donors (Lipinski definition) is 1. The Morgan fingerprint density at radius 3 is 1.61 bits per heavy atom. The average molecular weight is 783 g/mol. The molecule has 0 aliphatic rings. The largest absolute Gasteiger partial charge is 0.472 e. The first-order chi connectivity index (χ1) is 26.0. The first kappa shape index (κ1) is 52.0. The summed E-state index contributed by atoms with van der Waals surface area (Å²) in [5.41, 5.74) is 0. The summed E-state index contributed by atoms with van der Waals surface area (Å²) >= 11 is 0. The molecule has 1 N–H and O–H groups in total. The van der Waals surface area contributed by atoms with Crippen LogP contribution in [0.5, 0.6) is 0 Å². The van der Waals surface area contributed by atoms with E-state index in [9.17, 15) is 19.0 Å². The maximum atomic E-state index is 12.5. The lowest BCUT2D eigenvalue weighted by Crippen LogP contribution is -2.37. The van der Waals surface area contributed by atoms with Crippen molar-refractivity contribution in [1.82, 2.24) is 0 Å². The molecule has 10 heteroatoms. The van der Waals surface area contributed by atoms with Gasteiger partial charge in [-0.2, -0.15) is 0 Å². The summed E-state index contributed by atoms with van der Waals surface area (Å²) in [6.45, 7) is 5.72. The molecule has 0 spiro atoms. The van der Waals surface area contributed by atoms with Crippen LogP contribution < -0.4 is 0 Å². The summed E-state index contributed by atoms with van der Waals surface area (Å²) in [6, 6.07) is 0. The van der Waals surface area contributed by atoms with Crippen LogP contribution in [0.2, 0.25) is 0 Å². The highest BCUT2D eigenvalue weighted by Gasteiger charge is 2.26. The van der Waals surface area contributed by atoms with Crippen LogP contribution in [-0.4, -0.2) is 74.9 Å². The number of phosphoric ester groups is 1. The number of allylic oxidation sites excluding steroid dienone is 5. The smallest absolute Gasteiger partial charge is 0.458 e. The fourth-order valence-corrected chi connectivity index (χ4v) is 6.49. The molecule has 0 heterocycles. The number of unbranched alkanes of at least 4 members (excludes halogenated alkanes) is 23. The van der Waals surface area contributed by atoms with Gasteiger partial charge in [0.2, 0.25) is 0 Å². The van der Waals surface area contributed by atoms with Gasteiger partial charge in [0.05, 0.1) is 27.7 Å². The molecule has 1 unspecified atom stereocenters. The van der Waals surface area contributed by atoms with Gasteiger partial charge >= 0.3 is 19.8 Å². The highest BCUT2D eigenvalue weighted by atomic mass is 31.2. The summed E-state index contributed by atoms with van der Waals surface area (Å²) in [4.78, 5) is 35.1. The molecule has 9 nitrogen and oxygen atoms in total. The molecule has 0 saturated heterocycles. The highest BCUT2D eigenvalue weighted by molar-refractivity contribution is 7.47. The van der Waals surface area contributed by atoms with E-state index >= 15 is 0 Å². The van der Waals surface area contributed by atoms with Crippen LogP contribution in [0.4, 0.5) is 0 Å². The Hall–Kier alpha value is -2.03. The minimum absolute atomic E-state index is 0.00668. The Balaban J connectivity index is 4.52. The third-order valence-corrected chi connectivity index (χ3v) is 10.1. The quantitative estimate of drug-likeness (QED) is 0.0125. The van der Waals surface area contributed by atoms with Gasteiger partial charge in [0, 0.05) is 12.2 Å². The van der Waals surface area contributed by atoms with Gasteiger partial charge in [-0.15, -0.1) is 6.58 Å². The number of quaternary nitrogens is 1. The number of carbonyl (C=O) groups is 2. The standard InChI is InChI=1S/C44H80NO8P/c1-6-8-10-12-14-16-18-20-22-24-26-28-30-32-34-36-43(46)50-40-42(41-52-54(48,49)51-39-38-45(3,4)5)53-44(47)37-35-33-31-29-27-25-23-21-19-17-15-13-11-9-7-2/h6,31,33-37,42H,1,7-30,32,38-41H2,2-5H3/p+1/b33-31+,36-34+,37-35+/t42-/m0/s1. The number of esters is 2. The van der Waals surface area contributed by atoms with Crippen molar-refractivity contribution in [2.75, 3.05) is 47.5 Å². The highest BCUT2D eigenvalue weighted by Crippen LogP contribution is 2.43. The molecule has 0 fully saturated rings. The molecule has 0 saturated carbocycles. The third-order valence-electron chi connectivity index (χ3n) is 9.12. The molecule has 0 aromatic carbocycles. The van der Waals surface area contributed by atoms with Crippen molar-refractivity contribution >= 4 is 19.8 Å². The van der Waals surface area contributed by atoms with Crippen LogP contribution in [-0.2, 0) is 32.7 Å². The second-order valence-electron chi connectivity index (χ2n) is 15.6. The van der Waals surface area contributed by atoms with Gasteiger partial charge in [-0.1, -0.05) is 159 Å². The van der Waals surface area contributed by atoms with Crippen molar-refractivity contribution in [1.29, 1.82) is 0 Å². The normalized spacial score (nSPS) is 13.9. The summed E-state index contributed by atoms with van der Waals surface area (Å²) < 4.78 is 33.9. The van der Waals surface area contributed by atoms with Gasteiger partial charge in [0.25, 0.3) is 0 Å². The Labute approximate surface area is 331 Å². The zero-order valence-corrected chi connectivity index (χ0v) is 35.9. The molecule has 0 rings (SSSR count). The lowest BCUT2D eigenvalue weighted by molar-refractivity contribution is -0.870. The van der Waals surface area contributed by atoms with Crippen LogP contribution >= 0.6 is 7.82 Å². The average Bonchev–Trinajstić information content (AvgIpc) is 3.12. The molecule has 0 aromatic heterocycles. The Kier molecular flexibility index (Phi) is 35.2. The van der Waals surface area contributed by atoms with E-state index < -0.39 is 32.5 Å². The van der Waals surface area contributed by atoms with Crippen molar-refractivity contribution < 1.29 is 42.1 Å². The number of hydrogen-bond acceptors (Lipinski definition) is 7. The number of ether oxygens (including phenoxy) is 2. The Bertz CT molecular complexity index is 1050. The van der Waals surface area contributed by atoms with E-state index in [-0.39, 0.29) is 13.2 Å². The zero-order chi connectivity index (χ0) is 40.0. The summed E-state index contributed by atoms with van der Waals surface area (Å²) in [7, 11) is 1.39. The van der Waals surface area contributed by atoms with E-state index in [1.54, 1.807) is 12.2 Å². The molecule has 0 amide bonds. The molecule has 0 aliphatic carbocycles. The fourth-order valence-electron chi connectivity index (χ4n) is 5.74. The van der Waals surface area contributed by atoms with E-state index in [1.807, 2.05) is 39.4 Å². The minimum atomic E-state index is -4.41. The molecular weight excluding hydrogens is 701 g/mol. The number of phosphoric acid groups is 1. The first-order valence-corrected chi connectivity index (χ1v) is 22.9. The molecule has 0 radical (unpaired) electrons. The van der Waals surface area contributed by atoms with Crippen molar-refractivity contribution in [2.24, 2.45) is 0 Å².